The highest BCUT2D eigenvalue weighted by Gasteiger charge is 2.17. The average Bonchev–Trinajstić information content (AvgIpc) is 2.75. The second-order valence-corrected chi connectivity index (χ2v) is 7.04. The average molecular weight is 399 g/mol. The molecule has 4 rings (SSSR count). The molecule has 0 amide bonds. The SMILES string of the molecule is CC(C)n1cccc(-c2nc(Nc3ccccc3)n(-c3ccccc3)c(=O)n2)c1=O. The van der Waals surface area contributed by atoms with Gasteiger partial charge in [-0.05, 0) is 50.2 Å². The Balaban J connectivity index is 1.93. The third-order valence-corrected chi connectivity index (χ3v) is 4.63. The largest absolute Gasteiger partial charge is 0.357 e. The molecular weight excluding hydrogens is 378 g/mol. The quantitative estimate of drug-likeness (QED) is 0.552. The maximum Gasteiger partial charge on any atom is 0.357 e. The molecule has 0 aliphatic carbocycles. The van der Waals surface area contributed by atoms with Gasteiger partial charge in [-0.15, -0.1) is 0 Å². The van der Waals surface area contributed by atoms with Crippen molar-refractivity contribution in [1.82, 2.24) is 19.1 Å². The molecule has 0 radical (unpaired) electrons. The van der Waals surface area contributed by atoms with Crippen LogP contribution in [0.2, 0.25) is 0 Å². The standard InChI is InChI=1S/C23H21N5O2/c1-16(2)27-15-9-14-19(21(27)29)20-25-22(24-17-10-5-3-6-11-17)28(23(30)26-20)18-12-7-4-8-13-18/h3-16H,1-2H3,(H,24,25,26,30). The number of hydrogen-bond acceptors (Lipinski definition) is 5. The molecule has 4 aromatic rings. The molecule has 0 fully saturated rings. The number of nitrogens with zero attached hydrogens (tertiary/aromatic N) is 4. The molecule has 0 atom stereocenters. The zero-order chi connectivity index (χ0) is 21.1. The Hall–Kier alpha value is -4.00. The summed E-state index contributed by atoms with van der Waals surface area (Å²) in [6.45, 7) is 3.84. The normalized spacial score (nSPS) is 10.9. The predicted octanol–water partition coefficient (Wildman–Crippen LogP) is 3.78. The van der Waals surface area contributed by atoms with E-state index < -0.39 is 5.69 Å². The summed E-state index contributed by atoms with van der Waals surface area (Å²) in [4.78, 5) is 34.6. The van der Waals surface area contributed by atoms with Crippen molar-refractivity contribution >= 4 is 11.6 Å². The van der Waals surface area contributed by atoms with Crippen molar-refractivity contribution < 1.29 is 0 Å². The predicted molar refractivity (Wildman–Crippen MR) is 117 cm³/mol. The first-order valence-corrected chi connectivity index (χ1v) is 9.64. The molecule has 0 saturated carbocycles. The van der Waals surface area contributed by atoms with Crippen LogP contribution in [0.1, 0.15) is 19.9 Å². The topological polar surface area (TPSA) is 81.8 Å². The molecule has 1 N–H and O–H groups in total. The number of hydrogen-bond donors (Lipinski definition) is 1. The monoisotopic (exact) mass is 399 g/mol. The van der Waals surface area contributed by atoms with Gasteiger partial charge in [-0.1, -0.05) is 36.4 Å². The first kappa shape index (κ1) is 19.3. The first-order valence-electron chi connectivity index (χ1n) is 9.64. The Labute approximate surface area is 173 Å². The summed E-state index contributed by atoms with van der Waals surface area (Å²) in [7, 11) is 0. The lowest BCUT2D eigenvalue weighted by molar-refractivity contribution is 0.579. The van der Waals surface area contributed by atoms with Crippen molar-refractivity contribution in [2.24, 2.45) is 0 Å². The molecule has 0 aliphatic heterocycles. The van der Waals surface area contributed by atoms with E-state index >= 15 is 0 Å². The number of benzene rings is 2. The van der Waals surface area contributed by atoms with Gasteiger partial charge >= 0.3 is 5.69 Å². The molecule has 2 aromatic heterocycles. The Morgan fingerprint density at radius 2 is 1.50 bits per heavy atom. The fourth-order valence-electron chi connectivity index (χ4n) is 3.16. The Kier molecular flexibility index (Phi) is 5.26. The Bertz CT molecular complexity index is 1280. The molecule has 0 saturated heterocycles. The van der Waals surface area contributed by atoms with Crippen molar-refractivity contribution in [2.75, 3.05) is 5.32 Å². The van der Waals surface area contributed by atoms with Crippen LogP contribution in [-0.4, -0.2) is 19.1 Å². The van der Waals surface area contributed by atoms with E-state index in [2.05, 4.69) is 15.3 Å². The van der Waals surface area contributed by atoms with Gasteiger partial charge in [-0.25, -0.2) is 9.36 Å². The van der Waals surface area contributed by atoms with E-state index in [1.54, 1.807) is 35.0 Å². The van der Waals surface area contributed by atoms with Crippen LogP contribution in [0.25, 0.3) is 17.1 Å². The third kappa shape index (κ3) is 3.77. The Morgan fingerprint density at radius 1 is 0.833 bits per heavy atom. The smallest absolute Gasteiger partial charge is 0.325 e. The van der Waals surface area contributed by atoms with Crippen LogP contribution in [0.15, 0.2) is 88.6 Å². The summed E-state index contributed by atoms with van der Waals surface area (Å²) in [5.41, 5.74) is 0.901. The molecular formula is C23H21N5O2. The molecule has 150 valence electrons. The fourth-order valence-corrected chi connectivity index (χ4v) is 3.16. The van der Waals surface area contributed by atoms with Crippen molar-refractivity contribution in [1.29, 1.82) is 0 Å². The van der Waals surface area contributed by atoms with E-state index in [0.717, 1.165) is 5.69 Å². The summed E-state index contributed by atoms with van der Waals surface area (Å²) < 4.78 is 2.98. The molecule has 7 heteroatoms. The molecule has 2 heterocycles. The van der Waals surface area contributed by atoms with Crippen molar-refractivity contribution in [3.8, 4) is 17.1 Å². The Morgan fingerprint density at radius 3 is 2.17 bits per heavy atom. The highest BCUT2D eigenvalue weighted by molar-refractivity contribution is 5.60. The lowest BCUT2D eigenvalue weighted by Crippen LogP contribution is -2.28. The molecule has 30 heavy (non-hydrogen) atoms. The number of para-hydroxylation sites is 2. The van der Waals surface area contributed by atoms with Crippen LogP contribution in [0.3, 0.4) is 0 Å². The van der Waals surface area contributed by atoms with Crippen LogP contribution >= 0.6 is 0 Å². The van der Waals surface area contributed by atoms with Gasteiger partial charge in [0.25, 0.3) is 5.56 Å². The molecule has 0 bridgehead atoms. The van der Waals surface area contributed by atoms with Crippen LogP contribution in [0.5, 0.6) is 0 Å². The molecule has 0 aliphatic rings. The highest BCUT2D eigenvalue weighted by atomic mass is 16.1. The zero-order valence-corrected chi connectivity index (χ0v) is 16.7. The summed E-state index contributed by atoms with van der Waals surface area (Å²) >= 11 is 0. The minimum atomic E-state index is -0.524. The number of rotatable bonds is 5. The minimum absolute atomic E-state index is 0.0240. The molecule has 2 aromatic carbocycles. The van der Waals surface area contributed by atoms with E-state index in [1.165, 1.54) is 4.57 Å². The fraction of sp³-hybridized carbons (Fsp3) is 0.130. The second-order valence-electron chi connectivity index (χ2n) is 7.04. The van der Waals surface area contributed by atoms with Crippen molar-refractivity contribution in [2.45, 2.75) is 19.9 Å². The van der Waals surface area contributed by atoms with E-state index in [-0.39, 0.29) is 28.9 Å². The van der Waals surface area contributed by atoms with Crippen LogP contribution < -0.4 is 16.6 Å². The number of aromatic nitrogens is 4. The maximum atomic E-state index is 13.0. The lowest BCUT2D eigenvalue weighted by atomic mass is 10.2. The summed E-state index contributed by atoms with van der Waals surface area (Å²) in [6, 6.07) is 21.9. The van der Waals surface area contributed by atoms with Crippen LogP contribution in [0, 0.1) is 0 Å². The van der Waals surface area contributed by atoms with Gasteiger partial charge in [0.15, 0.2) is 5.82 Å². The molecule has 0 unspecified atom stereocenters. The second kappa shape index (κ2) is 8.16. The lowest BCUT2D eigenvalue weighted by Gasteiger charge is -2.15. The molecule has 0 spiro atoms. The minimum Gasteiger partial charge on any atom is -0.325 e. The van der Waals surface area contributed by atoms with Crippen LogP contribution in [0.4, 0.5) is 11.6 Å². The van der Waals surface area contributed by atoms with Gasteiger partial charge in [0.1, 0.15) is 0 Å². The van der Waals surface area contributed by atoms with Gasteiger partial charge < -0.3 is 9.88 Å². The van der Waals surface area contributed by atoms with Crippen molar-refractivity contribution in [3.63, 3.8) is 0 Å². The van der Waals surface area contributed by atoms with Gasteiger partial charge in [0.05, 0.1) is 11.3 Å². The van der Waals surface area contributed by atoms with Gasteiger partial charge in [-0.2, -0.15) is 9.97 Å². The van der Waals surface area contributed by atoms with E-state index in [9.17, 15) is 9.59 Å². The van der Waals surface area contributed by atoms with Crippen molar-refractivity contribution in [3.05, 3.63) is 99.8 Å². The van der Waals surface area contributed by atoms with Gasteiger partial charge in [0, 0.05) is 17.9 Å². The summed E-state index contributed by atoms with van der Waals surface area (Å²) in [6.07, 6.45) is 1.71. The van der Waals surface area contributed by atoms with Gasteiger partial charge in [-0.3, -0.25) is 4.79 Å². The number of anilines is 2. The summed E-state index contributed by atoms with van der Waals surface area (Å²) in [5.74, 6) is 0.368. The third-order valence-electron chi connectivity index (χ3n) is 4.63. The first-order chi connectivity index (χ1) is 14.5. The van der Waals surface area contributed by atoms with Crippen LogP contribution in [-0.2, 0) is 0 Å². The number of pyridine rings is 1. The zero-order valence-electron chi connectivity index (χ0n) is 16.7. The van der Waals surface area contributed by atoms with Gasteiger partial charge in [0.2, 0.25) is 5.95 Å². The van der Waals surface area contributed by atoms with E-state index in [1.807, 2.05) is 62.4 Å². The maximum absolute atomic E-state index is 13.0. The van der Waals surface area contributed by atoms with E-state index in [0.29, 0.717) is 5.69 Å². The highest BCUT2D eigenvalue weighted by Crippen LogP contribution is 2.19. The van der Waals surface area contributed by atoms with E-state index in [4.69, 9.17) is 0 Å². The number of nitrogens with one attached hydrogen (secondary N) is 1. The molecule has 7 nitrogen and oxygen atoms in total. The summed E-state index contributed by atoms with van der Waals surface area (Å²) in [5, 5.41) is 3.18.